The molecule has 0 aliphatic heterocycles. The molecule has 2 aromatic rings. The Balaban J connectivity index is 2.29. The number of aryl methyl sites for hydroxylation is 2. The van der Waals surface area contributed by atoms with Crippen LogP contribution < -0.4 is 5.01 Å². The average molecular weight is 281 g/mol. The highest BCUT2D eigenvalue weighted by atomic mass is 15.6. The van der Waals surface area contributed by atoms with Crippen LogP contribution in [0.25, 0.3) is 0 Å². The van der Waals surface area contributed by atoms with E-state index in [2.05, 4.69) is 69.2 Å². The van der Waals surface area contributed by atoms with E-state index in [1.165, 1.54) is 11.1 Å². The first kappa shape index (κ1) is 15.2. The summed E-state index contributed by atoms with van der Waals surface area (Å²) in [6.45, 7) is 10.5. The third kappa shape index (κ3) is 4.15. The predicted molar refractivity (Wildman–Crippen MR) is 89.1 cm³/mol. The summed E-state index contributed by atoms with van der Waals surface area (Å²) in [5, 5.41) is 10.8. The van der Waals surface area contributed by atoms with Gasteiger partial charge in [-0.3, -0.25) is 0 Å². The zero-order valence-corrected chi connectivity index (χ0v) is 13.5. The van der Waals surface area contributed by atoms with E-state index in [1.807, 2.05) is 29.3 Å². The van der Waals surface area contributed by atoms with Gasteiger partial charge in [0, 0.05) is 0 Å². The maximum Gasteiger partial charge on any atom is 0.0874 e. The number of anilines is 1. The lowest BCUT2D eigenvalue weighted by atomic mass is 10.1. The van der Waals surface area contributed by atoms with Crippen molar-refractivity contribution in [2.24, 2.45) is 10.3 Å². The summed E-state index contributed by atoms with van der Waals surface area (Å²) in [5.74, 6) is 0. The standard InChI is InChI=1S/C18H23N3/c1-14-6-10-16(11-7-14)19-20-21(18(3,4)5)17-12-8-15(2)9-13-17/h6-13H,1-5H3. The van der Waals surface area contributed by atoms with Gasteiger partial charge < -0.3 is 0 Å². The smallest absolute Gasteiger partial charge is 0.0874 e. The van der Waals surface area contributed by atoms with Gasteiger partial charge in [-0.25, -0.2) is 5.01 Å². The van der Waals surface area contributed by atoms with Crippen molar-refractivity contribution in [3.05, 3.63) is 59.7 Å². The molecule has 0 N–H and O–H groups in total. The molecule has 0 aliphatic carbocycles. The van der Waals surface area contributed by atoms with Gasteiger partial charge >= 0.3 is 0 Å². The van der Waals surface area contributed by atoms with Crippen molar-refractivity contribution in [3.63, 3.8) is 0 Å². The molecule has 0 radical (unpaired) electrons. The molecule has 3 heteroatoms. The van der Waals surface area contributed by atoms with Gasteiger partial charge in [0.1, 0.15) is 0 Å². The van der Waals surface area contributed by atoms with Gasteiger partial charge in [0.25, 0.3) is 0 Å². The van der Waals surface area contributed by atoms with Crippen molar-refractivity contribution in [1.82, 2.24) is 0 Å². The molecule has 3 nitrogen and oxygen atoms in total. The molecule has 0 atom stereocenters. The molecule has 2 rings (SSSR count). The predicted octanol–water partition coefficient (Wildman–Crippen LogP) is 5.61. The molecular formula is C18H23N3. The summed E-state index contributed by atoms with van der Waals surface area (Å²) in [6.07, 6.45) is 0. The highest BCUT2D eigenvalue weighted by Gasteiger charge is 2.21. The fourth-order valence-electron chi connectivity index (χ4n) is 1.97. The Morgan fingerprint density at radius 3 is 1.71 bits per heavy atom. The summed E-state index contributed by atoms with van der Waals surface area (Å²) >= 11 is 0. The van der Waals surface area contributed by atoms with E-state index in [-0.39, 0.29) is 5.54 Å². The third-order valence-corrected chi connectivity index (χ3v) is 3.20. The summed E-state index contributed by atoms with van der Waals surface area (Å²) in [4.78, 5) is 0. The van der Waals surface area contributed by atoms with Crippen LogP contribution in [0.2, 0.25) is 0 Å². The van der Waals surface area contributed by atoms with E-state index in [9.17, 15) is 0 Å². The Bertz CT molecular complexity index is 604. The highest BCUT2D eigenvalue weighted by Crippen LogP contribution is 2.26. The van der Waals surface area contributed by atoms with Crippen LogP contribution in [0.1, 0.15) is 31.9 Å². The molecule has 0 aromatic heterocycles. The van der Waals surface area contributed by atoms with Gasteiger partial charge in [-0.1, -0.05) is 40.6 Å². The molecule has 0 spiro atoms. The number of hydrogen-bond acceptors (Lipinski definition) is 2. The molecule has 0 fully saturated rings. The van der Waals surface area contributed by atoms with Crippen LogP contribution in [-0.2, 0) is 0 Å². The lowest BCUT2D eigenvalue weighted by Crippen LogP contribution is -2.36. The molecule has 2 aromatic carbocycles. The molecule has 0 amide bonds. The first-order valence-corrected chi connectivity index (χ1v) is 7.21. The second-order valence-electron chi connectivity index (χ2n) is 6.34. The van der Waals surface area contributed by atoms with E-state index in [4.69, 9.17) is 0 Å². The molecule has 0 heterocycles. The van der Waals surface area contributed by atoms with Crippen LogP contribution in [0.5, 0.6) is 0 Å². The Hall–Kier alpha value is -2.16. The van der Waals surface area contributed by atoms with Crippen LogP contribution in [0.3, 0.4) is 0 Å². The molecule has 0 bridgehead atoms. The minimum absolute atomic E-state index is 0.135. The molecule has 0 saturated carbocycles. The number of hydrogen-bond donors (Lipinski definition) is 0. The Morgan fingerprint density at radius 1 is 0.762 bits per heavy atom. The van der Waals surface area contributed by atoms with Gasteiger partial charge in [0.2, 0.25) is 0 Å². The number of rotatable bonds is 3. The van der Waals surface area contributed by atoms with Crippen molar-refractivity contribution in [3.8, 4) is 0 Å². The first-order valence-electron chi connectivity index (χ1n) is 7.21. The summed E-state index contributed by atoms with van der Waals surface area (Å²) in [5.41, 5.74) is 4.23. The van der Waals surface area contributed by atoms with Gasteiger partial charge in [0.15, 0.2) is 0 Å². The number of benzene rings is 2. The highest BCUT2D eigenvalue weighted by molar-refractivity contribution is 5.49. The third-order valence-electron chi connectivity index (χ3n) is 3.20. The molecule has 0 saturated heterocycles. The number of nitrogens with zero attached hydrogens (tertiary/aromatic N) is 3. The van der Waals surface area contributed by atoms with E-state index >= 15 is 0 Å². The maximum atomic E-state index is 4.45. The SMILES string of the molecule is Cc1ccc(N=NN(c2ccc(C)cc2)C(C)(C)C)cc1. The van der Waals surface area contributed by atoms with Crippen molar-refractivity contribution in [1.29, 1.82) is 0 Å². The molecule has 110 valence electrons. The first-order chi connectivity index (χ1) is 9.86. The lowest BCUT2D eigenvalue weighted by Gasteiger charge is -2.31. The summed E-state index contributed by atoms with van der Waals surface area (Å²) in [7, 11) is 0. The van der Waals surface area contributed by atoms with Gasteiger partial charge in [-0.15, -0.1) is 5.11 Å². The minimum atomic E-state index is -0.135. The second-order valence-corrected chi connectivity index (χ2v) is 6.34. The largest absolute Gasteiger partial charge is 0.242 e. The zero-order valence-electron chi connectivity index (χ0n) is 13.5. The quantitative estimate of drug-likeness (QED) is 0.531. The zero-order chi connectivity index (χ0) is 15.5. The van der Waals surface area contributed by atoms with Crippen LogP contribution in [0.4, 0.5) is 11.4 Å². The van der Waals surface area contributed by atoms with Crippen molar-refractivity contribution in [2.75, 3.05) is 5.01 Å². The van der Waals surface area contributed by atoms with Gasteiger partial charge in [-0.2, -0.15) is 0 Å². The fraction of sp³-hybridized carbons (Fsp3) is 0.333. The second kappa shape index (κ2) is 6.08. The Morgan fingerprint density at radius 2 is 1.24 bits per heavy atom. The van der Waals surface area contributed by atoms with E-state index in [1.54, 1.807) is 0 Å². The van der Waals surface area contributed by atoms with Crippen LogP contribution in [0.15, 0.2) is 58.9 Å². The fourth-order valence-corrected chi connectivity index (χ4v) is 1.97. The van der Waals surface area contributed by atoms with Gasteiger partial charge in [0.05, 0.1) is 16.9 Å². The maximum absolute atomic E-state index is 4.45. The minimum Gasteiger partial charge on any atom is -0.242 e. The van der Waals surface area contributed by atoms with E-state index in [0.717, 1.165) is 11.4 Å². The summed E-state index contributed by atoms with van der Waals surface area (Å²) in [6, 6.07) is 16.4. The van der Waals surface area contributed by atoms with Crippen LogP contribution in [-0.4, -0.2) is 5.54 Å². The summed E-state index contributed by atoms with van der Waals surface area (Å²) < 4.78 is 0. The molecular weight excluding hydrogens is 258 g/mol. The van der Waals surface area contributed by atoms with Crippen molar-refractivity contribution >= 4 is 11.4 Å². The van der Waals surface area contributed by atoms with Crippen LogP contribution in [0, 0.1) is 13.8 Å². The van der Waals surface area contributed by atoms with E-state index < -0.39 is 0 Å². The topological polar surface area (TPSA) is 28.0 Å². The molecule has 0 aliphatic rings. The van der Waals surface area contributed by atoms with Crippen molar-refractivity contribution < 1.29 is 0 Å². The monoisotopic (exact) mass is 281 g/mol. The lowest BCUT2D eigenvalue weighted by molar-refractivity contribution is 0.503. The Kier molecular flexibility index (Phi) is 4.41. The molecule has 0 unspecified atom stereocenters. The average Bonchev–Trinajstić information content (AvgIpc) is 2.42. The van der Waals surface area contributed by atoms with E-state index in [0.29, 0.717) is 0 Å². The molecule has 21 heavy (non-hydrogen) atoms. The van der Waals surface area contributed by atoms with Crippen LogP contribution >= 0.6 is 0 Å². The van der Waals surface area contributed by atoms with Gasteiger partial charge in [-0.05, 0) is 58.9 Å². The van der Waals surface area contributed by atoms with Crippen molar-refractivity contribution in [2.45, 2.75) is 40.2 Å². The normalized spacial score (nSPS) is 11.9. The Labute approximate surface area is 127 Å².